The molecule has 1 rings (SSSR count). The number of aryl methyl sites for hydroxylation is 1. The summed E-state index contributed by atoms with van der Waals surface area (Å²) in [5, 5.41) is 7.53. The lowest BCUT2D eigenvalue weighted by atomic mass is 9.99. The second-order valence-corrected chi connectivity index (χ2v) is 3.95. The SMILES string of the molecule is CCn1nccc1CC(C)(C)NC. The third kappa shape index (κ3) is 2.56. The Morgan fingerprint density at radius 3 is 2.77 bits per heavy atom. The molecule has 1 N–H and O–H groups in total. The Morgan fingerprint density at radius 2 is 2.23 bits per heavy atom. The number of hydrogen-bond acceptors (Lipinski definition) is 2. The molecule has 0 aliphatic rings. The fourth-order valence-electron chi connectivity index (χ4n) is 1.34. The molecule has 0 aliphatic heterocycles. The van der Waals surface area contributed by atoms with E-state index in [9.17, 15) is 0 Å². The number of hydrogen-bond donors (Lipinski definition) is 1. The van der Waals surface area contributed by atoms with Crippen LogP contribution in [0, 0.1) is 0 Å². The lowest BCUT2D eigenvalue weighted by Gasteiger charge is -2.24. The highest BCUT2D eigenvalue weighted by Crippen LogP contribution is 2.11. The summed E-state index contributed by atoms with van der Waals surface area (Å²) >= 11 is 0. The molecular formula is C10H19N3. The van der Waals surface area contributed by atoms with Gasteiger partial charge in [-0.3, -0.25) is 4.68 Å². The summed E-state index contributed by atoms with van der Waals surface area (Å²) in [6.07, 6.45) is 2.88. The molecule has 0 aliphatic carbocycles. The van der Waals surface area contributed by atoms with Crippen LogP contribution in [-0.2, 0) is 13.0 Å². The van der Waals surface area contributed by atoms with E-state index in [0.717, 1.165) is 13.0 Å². The van der Waals surface area contributed by atoms with Crippen LogP contribution in [0.25, 0.3) is 0 Å². The zero-order valence-electron chi connectivity index (χ0n) is 8.96. The van der Waals surface area contributed by atoms with Crippen LogP contribution < -0.4 is 5.32 Å². The quantitative estimate of drug-likeness (QED) is 0.761. The van der Waals surface area contributed by atoms with Gasteiger partial charge in [0.15, 0.2) is 0 Å². The first-order valence-corrected chi connectivity index (χ1v) is 4.78. The predicted octanol–water partition coefficient (Wildman–Crippen LogP) is 1.44. The molecule has 0 radical (unpaired) electrons. The minimum absolute atomic E-state index is 0.146. The molecule has 0 fully saturated rings. The highest BCUT2D eigenvalue weighted by Gasteiger charge is 2.17. The van der Waals surface area contributed by atoms with Crippen LogP contribution in [0.2, 0.25) is 0 Å². The summed E-state index contributed by atoms with van der Waals surface area (Å²) in [4.78, 5) is 0. The number of nitrogens with zero attached hydrogens (tertiary/aromatic N) is 2. The third-order valence-electron chi connectivity index (χ3n) is 2.40. The lowest BCUT2D eigenvalue weighted by molar-refractivity contribution is 0.406. The van der Waals surface area contributed by atoms with E-state index < -0.39 is 0 Å². The van der Waals surface area contributed by atoms with Crippen molar-refractivity contribution in [3.05, 3.63) is 18.0 Å². The summed E-state index contributed by atoms with van der Waals surface area (Å²) in [5.74, 6) is 0. The van der Waals surface area contributed by atoms with Crippen molar-refractivity contribution in [1.29, 1.82) is 0 Å². The van der Waals surface area contributed by atoms with Gasteiger partial charge in [-0.1, -0.05) is 0 Å². The van der Waals surface area contributed by atoms with Gasteiger partial charge in [0.05, 0.1) is 0 Å². The van der Waals surface area contributed by atoms with Gasteiger partial charge in [0, 0.05) is 30.4 Å². The summed E-state index contributed by atoms with van der Waals surface area (Å²) in [7, 11) is 1.99. The van der Waals surface area contributed by atoms with E-state index in [1.54, 1.807) is 0 Å². The van der Waals surface area contributed by atoms with Gasteiger partial charge in [0.1, 0.15) is 0 Å². The van der Waals surface area contributed by atoms with E-state index in [0.29, 0.717) is 0 Å². The first-order valence-electron chi connectivity index (χ1n) is 4.78. The van der Waals surface area contributed by atoms with Crippen molar-refractivity contribution in [3.8, 4) is 0 Å². The molecule has 1 aromatic rings. The highest BCUT2D eigenvalue weighted by atomic mass is 15.3. The number of likely N-dealkylation sites (N-methyl/N-ethyl adjacent to an activating group) is 1. The molecule has 0 atom stereocenters. The Balaban J connectivity index is 2.73. The molecule has 13 heavy (non-hydrogen) atoms. The van der Waals surface area contributed by atoms with Crippen molar-refractivity contribution < 1.29 is 0 Å². The van der Waals surface area contributed by atoms with E-state index in [1.807, 2.05) is 17.9 Å². The largest absolute Gasteiger partial charge is 0.314 e. The standard InChI is InChI=1S/C10H19N3/c1-5-13-9(6-7-12-13)8-10(2,3)11-4/h6-7,11H,5,8H2,1-4H3. The molecule has 0 aromatic carbocycles. The minimum Gasteiger partial charge on any atom is -0.314 e. The van der Waals surface area contributed by atoms with Crippen molar-refractivity contribution in [2.75, 3.05) is 7.05 Å². The molecule has 0 unspecified atom stereocenters. The van der Waals surface area contributed by atoms with Crippen molar-refractivity contribution >= 4 is 0 Å². The minimum atomic E-state index is 0.146. The fourth-order valence-corrected chi connectivity index (χ4v) is 1.34. The third-order valence-corrected chi connectivity index (χ3v) is 2.40. The monoisotopic (exact) mass is 181 g/mol. The molecule has 1 aromatic heterocycles. The van der Waals surface area contributed by atoms with Crippen LogP contribution in [0.1, 0.15) is 26.5 Å². The lowest BCUT2D eigenvalue weighted by Crippen LogP contribution is -2.39. The molecule has 3 heteroatoms. The highest BCUT2D eigenvalue weighted by molar-refractivity contribution is 5.05. The zero-order valence-corrected chi connectivity index (χ0v) is 8.96. The molecule has 0 amide bonds. The Bertz CT molecular complexity index is 263. The smallest absolute Gasteiger partial charge is 0.0492 e. The summed E-state index contributed by atoms with van der Waals surface area (Å²) < 4.78 is 2.04. The first kappa shape index (κ1) is 10.3. The summed E-state index contributed by atoms with van der Waals surface area (Å²) in [6.45, 7) is 7.45. The van der Waals surface area contributed by atoms with E-state index in [2.05, 4.69) is 37.3 Å². The van der Waals surface area contributed by atoms with E-state index >= 15 is 0 Å². The molecule has 0 spiro atoms. The van der Waals surface area contributed by atoms with E-state index in [-0.39, 0.29) is 5.54 Å². The molecule has 0 bridgehead atoms. The Kier molecular flexibility index (Phi) is 3.09. The van der Waals surface area contributed by atoms with Gasteiger partial charge in [-0.2, -0.15) is 5.10 Å². The zero-order chi connectivity index (χ0) is 9.90. The fraction of sp³-hybridized carbons (Fsp3) is 0.700. The first-order chi connectivity index (χ1) is 6.09. The molecule has 3 nitrogen and oxygen atoms in total. The molecule has 74 valence electrons. The average Bonchev–Trinajstić information content (AvgIpc) is 2.51. The van der Waals surface area contributed by atoms with E-state index in [4.69, 9.17) is 0 Å². The molecule has 1 heterocycles. The summed E-state index contributed by atoms with van der Waals surface area (Å²) in [6, 6.07) is 2.09. The van der Waals surface area contributed by atoms with Crippen LogP contribution in [0.3, 0.4) is 0 Å². The van der Waals surface area contributed by atoms with Gasteiger partial charge in [0.2, 0.25) is 0 Å². The van der Waals surface area contributed by atoms with Gasteiger partial charge >= 0.3 is 0 Å². The predicted molar refractivity (Wildman–Crippen MR) is 54.7 cm³/mol. The Labute approximate surface area is 80.1 Å². The number of rotatable bonds is 4. The second-order valence-electron chi connectivity index (χ2n) is 3.95. The second kappa shape index (κ2) is 3.92. The number of aromatic nitrogens is 2. The van der Waals surface area contributed by atoms with Crippen molar-refractivity contribution in [1.82, 2.24) is 15.1 Å². The van der Waals surface area contributed by atoms with Gasteiger partial charge in [-0.05, 0) is 33.9 Å². The topological polar surface area (TPSA) is 29.9 Å². The number of nitrogens with one attached hydrogen (secondary N) is 1. The summed E-state index contributed by atoms with van der Waals surface area (Å²) in [5.41, 5.74) is 1.44. The van der Waals surface area contributed by atoms with Gasteiger partial charge in [0.25, 0.3) is 0 Å². The molecule has 0 saturated heterocycles. The van der Waals surface area contributed by atoms with Crippen LogP contribution in [-0.4, -0.2) is 22.4 Å². The Hall–Kier alpha value is -0.830. The molecular weight excluding hydrogens is 162 g/mol. The van der Waals surface area contributed by atoms with Crippen molar-refractivity contribution in [2.24, 2.45) is 0 Å². The van der Waals surface area contributed by atoms with Gasteiger partial charge in [-0.15, -0.1) is 0 Å². The Morgan fingerprint density at radius 1 is 1.54 bits per heavy atom. The maximum absolute atomic E-state index is 4.24. The van der Waals surface area contributed by atoms with Crippen LogP contribution in [0.5, 0.6) is 0 Å². The maximum Gasteiger partial charge on any atom is 0.0492 e. The van der Waals surface area contributed by atoms with Crippen molar-refractivity contribution in [2.45, 2.75) is 39.3 Å². The van der Waals surface area contributed by atoms with Crippen LogP contribution in [0.4, 0.5) is 0 Å². The van der Waals surface area contributed by atoms with Gasteiger partial charge in [-0.25, -0.2) is 0 Å². The normalized spacial score (nSPS) is 12.0. The van der Waals surface area contributed by atoms with E-state index in [1.165, 1.54) is 5.69 Å². The van der Waals surface area contributed by atoms with Crippen LogP contribution in [0.15, 0.2) is 12.3 Å². The van der Waals surface area contributed by atoms with Crippen LogP contribution >= 0.6 is 0 Å². The van der Waals surface area contributed by atoms with Gasteiger partial charge < -0.3 is 5.32 Å². The average molecular weight is 181 g/mol. The maximum atomic E-state index is 4.24. The van der Waals surface area contributed by atoms with Crippen molar-refractivity contribution in [3.63, 3.8) is 0 Å². The molecule has 0 saturated carbocycles.